The molecule has 2 heteroatoms. The first-order valence-electron chi connectivity index (χ1n) is 16.1. The third kappa shape index (κ3) is 12.2. The van der Waals surface area contributed by atoms with Crippen LogP contribution in [0.15, 0.2) is 118 Å². The summed E-state index contributed by atoms with van der Waals surface area (Å²) < 4.78 is 5.57. The highest BCUT2D eigenvalue weighted by molar-refractivity contribution is 5.67. The maximum atomic E-state index is 11.8. The summed E-state index contributed by atoms with van der Waals surface area (Å²) in [5.41, 5.74) is 10.2. The molecule has 0 heterocycles. The van der Waals surface area contributed by atoms with Gasteiger partial charge in [0.1, 0.15) is 6.10 Å². The minimum absolute atomic E-state index is 0.142. The number of hydrogen-bond acceptors (Lipinski definition) is 2. The first-order valence-corrected chi connectivity index (χ1v) is 16.1. The van der Waals surface area contributed by atoms with Gasteiger partial charge in [0.05, 0.1) is 0 Å². The molecule has 0 bridgehead atoms. The molecule has 2 aliphatic carbocycles. The quantitative estimate of drug-likeness (QED) is 0.143. The van der Waals surface area contributed by atoms with Crippen LogP contribution in [-0.4, -0.2) is 12.1 Å². The summed E-state index contributed by atoms with van der Waals surface area (Å²) in [4.78, 5) is 11.8. The van der Waals surface area contributed by atoms with Crippen molar-refractivity contribution in [2.75, 3.05) is 0 Å². The molecule has 0 aromatic carbocycles. The molecule has 236 valence electrons. The number of allylic oxidation sites excluding steroid dienone is 16. The molecule has 1 unspecified atom stereocenters. The molecule has 0 aromatic rings. The summed E-state index contributed by atoms with van der Waals surface area (Å²) in [7, 11) is 0. The molecule has 0 radical (unpaired) electrons. The summed E-state index contributed by atoms with van der Waals surface area (Å²) in [5, 5.41) is 0. The number of carbonyl (C=O) groups is 1. The Labute approximate surface area is 269 Å². The van der Waals surface area contributed by atoms with E-state index in [0.717, 1.165) is 23.1 Å². The largest absolute Gasteiger partial charge is 0.453 e. The SMILES string of the molecule is C=C(/C=C/C1=C(C)CCCC1(C)C)C(/C=C/C(C)=C/C#C/C=C(C)/C=C/C=C(C)/C=C/C1=C(C)CCCC1(C)C)OC(C)=O. The molecule has 0 fully saturated rings. The van der Waals surface area contributed by atoms with Crippen molar-refractivity contribution in [3.8, 4) is 11.8 Å². The van der Waals surface area contributed by atoms with Crippen molar-refractivity contribution in [3.05, 3.63) is 118 Å². The minimum Gasteiger partial charge on any atom is -0.453 e. The lowest BCUT2D eigenvalue weighted by atomic mass is 9.72. The molecular weight excluding hydrogens is 536 g/mol. The van der Waals surface area contributed by atoms with E-state index in [2.05, 4.69) is 103 Å². The van der Waals surface area contributed by atoms with E-state index in [1.165, 1.54) is 66.9 Å². The predicted molar refractivity (Wildman–Crippen MR) is 191 cm³/mol. The number of rotatable bonds is 10. The van der Waals surface area contributed by atoms with Gasteiger partial charge in [-0.15, -0.1) is 0 Å². The van der Waals surface area contributed by atoms with Crippen LogP contribution in [0, 0.1) is 22.7 Å². The van der Waals surface area contributed by atoms with E-state index in [-0.39, 0.29) is 16.8 Å². The number of esters is 1. The van der Waals surface area contributed by atoms with Gasteiger partial charge in [0.2, 0.25) is 0 Å². The molecule has 0 saturated carbocycles. The van der Waals surface area contributed by atoms with Gasteiger partial charge >= 0.3 is 5.97 Å². The van der Waals surface area contributed by atoms with Gasteiger partial charge in [-0.3, -0.25) is 4.79 Å². The molecule has 2 rings (SSSR count). The molecule has 0 saturated heterocycles. The van der Waals surface area contributed by atoms with Gasteiger partial charge in [0, 0.05) is 6.92 Å². The zero-order valence-corrected chi connectivity index (χ0v) is 29.2. The van der Waals surface area contributed by atoms with Gasteiger partial charge in [-0.25, -0.2) is 0 Å². The number of hydrogen-bond donors (Lipinski definition) is 0. The Kier molecular flexibility index (Phi) is 14.2. The van der Waals surface area contributed by atoms with E-state index in [1.54, 1.807) is 0 Å². The lowest BCUT2D eigenvalue weighted by molar-refractivity contribution is -0.142. The van der Waals surface area contributed by atoms with Crippen LogP contribution in [-0.2, 0) is 9.53 Å². The van der Waals surface area contributed by atoms with Crippen LogP contribution in [0.4, 0.5) is 0 Å². The average molecular weight is 593 g/mol. The average Bonchev–Trinajstić information content (AvgIpc) is 2.91. The lowest BCUT2D eigenvalue weighted by Crippen LogP contribution is -2.19. The van der Waals surface area contributed by atoms with Crippen molar-refractivity contribution >= 4 is 5.97 Å². The van der Waals surface area contributed by atoms with E-state index in [9.17, 15) is 4.79 Å². The Hall–Kier alpha value is -3.57. The van der Waals surface area contributed by atoms with Crippen LogP contribution in [0.1, 0.15) is 108 Å². The monoisotopic (exact) mass is 592 g/mol. The molecule has 2 nitrogen and oxygen atoms in total. The van der Waals surface area contributed by atoms with Crippen molar-refractivity contribution in [1.82, 2.24) is 0 Å². The van der Waals surface area contributed by atoms with E-state index in [1.807, 2.05) is 44.2 Å². The number of ether oxygens (including phenoxy) is 1. The Balaban J connectivity index is 2.02. The molecule has 2 aliphatic rings. The van der Waals surface area contributed by atoms with Gasteiger partial charge < -0.3 is 4.74 Å². The van der Waals surface area contributed by atoms with E-state index < -0.39 is 6.10 Å². The maximum absolute atomic E-state index is 11.8. The Bertz CT molecular complexity index is 1410. The van der Waals surface area contributed by atoms with Gasteiger partial charge in [-0.2, -0.15) is 0 Å². The molecule has 0 N–H and O–H groups in total. The first-order chi connectivity index (χ1) is 20.6. The van der Waals surface area contributed by atoms with Crippen LogP contribution < -0.4 is 0 Å². The van der Waals surface area contributed by atoms with E-state index in [4.69, 9.17) is 4.74 Å². The van der Waals surface area contributed by atoms with Crippen molar-refractivity contribution in [2.24, 2.45) is 10.8 Å². The van der Waals surface area contributed by atoms with Crippen molar-refractivity contribution < 1.29 is 9.53 Å². The Morgan fingerprint density at radius 1 is 0.773 bits per heavy atom. The smallest absolute Gasteiger partial charge is 0.303 e. The molecule has 1 atom stereocenters. The number of carbonyl (C=O) groups excluding carboxylic acids is 1. The van der Waals surface area contributed by atoms with Crippen molar-refractivity contribution in [3.63, 3.8) is 0 Å². The zero-order valence-electron chi connectivity index (χ0n) is 29.2. The van der Waals surface area contributed by atoms with Gasteiger partial charge in [0.25, 0.3) is 0 Å². The topological polar surface area (TPSA) is 26.3 Å². The van der Waals surface area contributed by atoms with Crippen LogP contribution >= 0.6 is 0 Å². The Morgan fingerprint density at radius 2 is 1.27 bits per heavy atom. The summed E-state index contributed by atoms with van der Waals surface area (Å²) >= 11 is 0. The van der Waals surface area contributed by atoms with E-state index >= 15 is 0 Å². The van der Waals surface area contributed by atoms with Gasteiger partial charge in [-0.1, -0.05) is 111 Å². The standard InChI is InChI=1S/C42H56O2/c1-31(19-14-20-33(3)23-26-38-34(4)21-15-29-41(38,8)9)17-12-13-18-32(2)24-28-40(44-37(7)43)36(6)25-27-39-35(5)22-16-30-42(39,10)11/h14,17-20,23-28,40H,6,15-16,21-22,29-30H2,1-5,7-11H3/b19-14+,26-23+,27-25+,28-24+,31-17+,32-18+,33-20+. The maximum Gasteiger partial charge on any atom is 0.303 e. The molecule has 0 amide bonds. The highest BCUT2D eigenvalue weighted by Gasteiger charge is 2.27. The van der Waals surface area contributed by atoms with Crippen LogP contribution in [0.5, 0.6) is 0 Å². The third-order valence-electron chi connectivity index (χ3n) is 8.66. The zero-order chi connectivity index (χ0) is 32.9. The molecule has 0 spiro atoms. The molecule has 44 heavy (non-hydrogen) atoms. The molecule has 0 aliphatic heterocycles. The highest BCUT2D eigenvalue weighted by atomic mass is 16.5. The molecule has 0 aromatic heterocycles. The van der Waals surface area contributed by atoms with Crippen LogP contribution in [0.2, 0.25) is 0 Å². The second-order valence-electron chi connectivity index (χ2n) is 13.8. The second kappa shape index (κ2) is 17.1. The van der Waals surface area contributed by atoms with Crippen LogP contribution in [0.3, 0.4) is 0 Å². The van der Waals surface area contributed by atoms with Gasteiger partial charge in [-0.05, 0) is 130 Å². The van der Waals surface area contributed by atoms with E-state index in [0.29, 0.717) is 0 Å². The minimum atomic E-state index is -0.527. The highest BCUT2D eigenvalue weighted by Crippen LogP contribution is 2.41. The van der Waals surface area contributed by atoms with Crippen molar-refractivity contribution in [1.29, 1.82) is 0 Å². The predicted octanol–water partition coefficient (Wildman–Crippen LogP) is 11.6. The second-order valence-corrected chi connectivity index (χ2v) is 13.8. The summed E-state index contributed by atoms with van der Waals surface area (Å²) in [6, 6.07) is 0. The van der Waals surface area contributed by atoms with Crippen molar-refractivity contribution in [2.45, 2.75) is 114 Å². The fourth-order valence-electron chi connectivity index (χ4n) is 5.99. The molecular formula is C42H56O2. The van der Waals surface area contributed by atoms with Gasteiger partial charge in [0.15, 0.2) is 0 Å². The lowest BCUT2D eigenvalue weighted by Gasteiger charge is -2.33. The van der Waals surface area contributed by atoms with Crippen LogP contribution in [0.25, 0.3) is 0 Å². The normalized spacial score (nSPS) is 20.5. The first kappa shape index (κ1) is 36.6. The third-order valence-corrected chi connectivity index (χ3v) is 8.66. The summed E-state index contributed by atoms with van der Waals surface area (Å²) in [5.74, 6) is 5.88. The fourth-order valence-corrected chi connectivity index (χ4v) is 5.99. The fraction of sp³-hybridized carbons (Fsp3) is 0.452. The Morgan fingerprint density at radius 3 is 1.77 bits per heavy atom. The summed E-state index contributed by atoms with van der Waals surface area (Å²) in [6.45, 7) is 25.6. The summed E-state index contributed by atoms with van der Waals surface area (Å²) in [6.07, 6.45) is 29.3.